The molecular formula is C27H34N2+2. The predicted molar refractivity (Wildman–Crippen MR) is 120 cm³/mol. The first kappa shape index (κ1) is 19.9. The monoisotopic (exact) mass is 386 g/mol. The normalized spacial score (nSPS) is 22.0. The highest BCUT2D eigenvalue weighted by atomic mass is 15.4. The van der Waals surface area contributed by atoms with Gasteiger partial charge in [0.2, 0.25) is 6.17 Å². The number of benzene rings is 3. The lowest BCUT2D eigenvalue weighted by Crippen LogP contribution is -3.32. The first-order chi connectivity index (χ1) is 14.2. The fourth-order valence-corrected chi connectivity index (χ4v) is 4.76. The molecule has 0 radical (unpaired) electrons. The second kappa shape index (κ2) is 9.39. The summed E-state index contributed by atoms with van der Waals surface area (Å²) in [5.41, 5.74) is 5.78. The molecule has 0 spiro atoms. The maximum absolute atomic E-state index is 2.39. The molecule has 150 valence electrons. The van der Waals surface area contributed by atoms with Crippen LogP contribution in [0.2, 0.25) is 0 Å². The Morgan fingerprint density at radius 3 is 1.62 bits per heavy atom. The summed E-state index contributed by atoms with van der Waals surface area (Å²) >= 11 is 0. The summed E-state index contributed by atoms with van der Waals surface area (Å²) in [6, 6.07) is 31.5. The minimum Gasteiger partial charge on any atom is -0.278 e. The molecule has 1 heterocycles. The topological polar surface area (TPSA) is 8.88 Å². The Bertz CT molecular complexity index is 822. The van der Waals surface area contributed by atoms with E-state index < -0.39 is 0 Å². The van der Waals surface area contributed by atoms with Gasteiger partial charge in [-0.3, -0.25) is 9.80 Å². The smallest absolute Gasteiger partial charge is 0.240 e. The number of quaternary nitrogens is 2. The molecule has 4 rings (SSSR count). The molecule has 0 aromatic heterocycles. The Kier molecular flexibility index (Phi) is 6.43. The van der Waals surface area contributed by atoms with Crippen molar-refractivity contribution < 1.29 is 9.80 Å². The van der Waals surface area contributed by atoms with Crippen LogP contribution in [-0.2, 0) is 13.1 Å². The van der Waals surface area contributed by atoms with Gasteiger partial charge in [0.05, 0.1) is 18.7 Å². The Hall–Kier alpha value is -2.42. The molecular weight excluding hydrogens is 352 g/mol. The second-order valence-electron chi connectivity index (χ2n) is 8.75. The lowest BCUT2D eigenvalue weighted by atomic mass is 9.98. The van der Waals surface area contributed by atoms with Crippen molar-refractivity contribution in [2.45, 2.75) is 45.4 Å². The maximum Gasteiger partial charge on any atom is 0.240 e. The predicted octanol–water partition coefficient (Wildman–Crippen LogP) is 3.38. The molecule has 29 heavy (non-hydrogen) atoms. The van der Waals surface area contributed by atoms with Crippen LogP contribution in [0.25, 0.3) is 0 Å². The van der Waals surface area contributed by atoms with Gasteiger partial charge in [-0.25, -0.2) is 0 Å². The summed E-state index contributed by atoms with van der Waals surface area (Å²) in [4.78, 5) is 3.37. The fraction of sp³-hybridized carbons (Fsp3) is 0.333. The van der Waals surface area contributed by atoms with Crippen molar-refractivity contribution in [1.29, 1.82) is 0 Å². The number of hydrogen-bond donors (Lipinski definition) is 2. The number of hydrogen-bond acceptors (Lipinski definition) is 0. The van der Waals surface area contributed by atoms with Gasteiger partial charge in [0, 0.05) is 17.5 Å². The Labute approximate surface area is 175 Å². The first-order valence-electron chi connectivity index (χ1n) is 11.1. The van der Waals surface area contributed by atoms with Crippen molar-refractivity contribution in [3.63, 3.8) is 0 Å². The van der Waals surface area contributed by atoms with Gasteiger partial charge in [0.1, 0.15) is 13.1 Å². The molecule has 2 N–H and O–H groups in total. The van der Waals surface area contributed by atoms with Crippen molar-refractivity contribution in [3.05, 3.63) is 107 Å². The van der Waals surface area contributed by atoms with Gasteiger partial charge >= 0.3 is 0 Å². The number of nitrogens with one attached hydrogen (secondary N) is 2. The average molecular weight is 387 g/mol. The summed E-state index contributed by atoms with van der Waals surface area (Å²) in [7, 11) is 0. The van der Waals surface area contributed by atoms with Crippen LogP contribution in [0.15, 0.2) is 84.9 Å². The highest BCUT2D eigenvalue weighted by Crippen LogP contribution is 2.17. The van der Waals surface area contributed by atoms with Gasteiger partial charge in [0.25, 0.3) is 0 Å². The standard InChI is InChI=1S/C27H32N2/c1-22(2)25-14-16-26(17-15-25)27-28(20-23-10-5-3-6-11-23)18-9-19-29(27)21-24-12-7-4-8-13-24/h3-8,10-17,22,27H,9,18-21H2,1-2H3/p+2. The van der Waals surface area contributed by atoms with Crippen molar-refractivity contribution in [3.8, 4) is 0 Å². The van der Waals surface area contributed by atoms with E-state index in [1.165, 1.54) is 41.8 Å². The van der Waals surface area contributed by atoms with Crippen LogP contribution in [-0.4, -0.2) is 13.1 Å². The molecule has 1 fully saturated rings. The van der Waals surface area contributed by atoms with E-state index in [0.29, 0.717) is 12.1 Å². The molecule has 3 aromatic rings. The zero-order valence-electron chi connectivity index (χ0n) is 17.8. The number of rotatable bonds is 6. The van der Waals surface area contributed by atoms with Crippen LogP contribution >= 0.6 is 0 Å². The Morgan fingerprint density at radius 2 is 1.17 bits per heavy atom. The van der Waals surface area contributed by atoms with E-state index in [1.807, 2.05) is 0 Å². The molecule has 0 aliphatic carbocycles. The Morgan fingerprint density at radius 1 is 0.690 bits per heavy atom. The highest BCUT2D eigenvalue weighted by Gasteiger charge is 2.37. The molecule has 2 unspecified atom stereocenters. The highest BCUT2D eigenvalue weighted by molar-refractivity contribution is 5.25. The van der Waals surface area contributed by atoms with E-state index >= 15 is 0 Å². The summed E-state index contributed by atoms with van der Waals surface area (Å²) in [5, 5.41) is 0. The third kappa shape index (κ3) is 4.95. The summed E-state index contributed by atoms with van der Waals surface area (Å²) in [5.74, 6) is 0.580. The van der Waals surface area contributed by atoms with Gasteiger partial charge in [-0.15, -0.1) is 0 Å². The van der Waals surface area contributed by atoms with Crippen LogP contribution in [0.3, 0.4) is 0 Å². The molecule has 3 aromatic carbocycles. The lowest BCUT2D eigenvalue weighted by molar-refractivity contribution is -1.16. The van der Waals surface area contributed by atoms with Crippen molar-refractivity contribution >= 4 is 0 Å². The molecule has 2 heteroatoms. The maximum atomic E-state index is 2.39. The van der Waals surface area contributed by atoms with E-state index in [1.54, 1.807) is 9.80 Å². The molecule has 1 aliphatic rings. The minimum atomic E-state index is 0.477. The molecule has 2 atom stereocenters. The van der Waals surface area contributed by atoms with Crippen LogP contribution in [0, 0.1) is 0 Å². The van der Waals surface area contributed by atoms with Crippen molar-refractivity contribution in [2.24, 2.45) is 0 Å². The van der Waals surface area contributed by atoms with Crippen LogP contribution in [0.4, 0.5) is 0 Å². The molecule has 0 saturated carbocycles. The van der Waals surface area contributed by atoms with Gasteiger partial charge in [0.15, 0.2) is 0 Å². The third-order valence-corrected chi connectivity index (χ3v) is 6.30. The Balaban J connectivity index is 1.63. The van der Waals surface area contributed by atoms with Crippen LogP contribution in [0.1, 0.15) is 54.6 Å². The molecule has 0 bridgehead atoms. The molecule has 2 nitrogen and oxygen atoms in total. The average Bonchev–Trinajstić information content (AvgIpc) is 2.75. The minimum absolute atomic E-state index is 0.477. The zero-order chi connectivity index (χ0) is 20.1. The second-order valence-corrected chi connectivity index (χ2v) is 8.75. The van der Waals surface area contributed by atoms with Gasteiger partial charge in [-0.05, 0) is 23.6 Å². The van der Waals surface area contributed by atoms with Crippen molar-refractivity contribution in [1.82, 2.24) is 0 Å². The summed E-state index contributed by atoms with van der Waals surface area (Å²) < 4.78 is 0. The molecule has 0 amide bonds. The molecule has 1 aliphatic heterocycles. The van der Waals surface area contributed by atoms with E-state index in [9.17, 15) is 0 Å². The van der Waals surface area contributed by atoms with Crippen molar-refractivity contribution in [2.75, 3.05) is 13.1 Å². The quantitative estimate of drug-likeness (QED) is 0.643. The van der Waals surface area contributed by atoms with Crippen LogP contribution in [0.5, 0.6) is 0 Å². The van der Waals surface area contributed by atoms with E-state index in [2.05, 4.69) is 98.8 Å². The van der Waals surface area contributed by atoms with Gasteiger partial charge < -0.3 is 0 Å². The van der Waals surface area contributed by atoms with E-state index in [4.69, 9.17) is 0 Å². The summed E-state index contributed by atoms with van der Waals surface area (Å²) in [6.45, 7) is 9.21. The largest absolute Gasteiger partial charge is 0.278 e. The van der Waals surface area contributed by atoms with E-state index in [0.717, 1.165) is 13.1 Å². The van der Waals surface area contributed by atoms with Gasteiger partial charge in [-0.1, -0.05) is 86.6 Å². The van der Waals surface area contributed by atoms with E-state index in [-0.39, 0.29) is 0 Å². The fourth-order valence-electron chi connectivity index (χ4n) is 4.76. The lowest BCUT2D eigenvalue weighted by Gasteiger charge is -2.38. The third-order valence-electron chi connectivity index (χ3n) is 6.30. The van der Waals surface area contributed by atoms with Crippen LogP contribution < -0.4 is 9.80 Å². The summed E-state index contributed by atoms with van der Waals surface area (Å²) in [6.07, 6.45) is 1.76. The van der Waals surface area contributed by atoms with Gasteiger partial charge in [-0.2, -0.15) is 0 Å². The first-order valence-corrected chi connectivity index (χ1v) is 11.1. The molecule has 1 saturated heterocycles. The SMILES string of the molecule is CC(C)c1ccc(C2[NH+](Cc3ccccc3)CCC[NH+]2Cc2ccccc2)cc1. The zero-order valence-corrected chi connectivity index (χ0v) is 17.8.